The summed E-state index contributed by atoms with van der Waals surface area (Å²) in [5.41, 5.74) is 3.89. The molecule has 0 radical (unpaired) electrons. The predicted molar refractivity (Wildman–Crippen MR) is 83.2 cm³/mol. The van der Waals surface area contributed by atoms with Crippen LogP contribution in [-0.4, -0.2) is 41.6 Å². The van der Waals surface area contributed by atoms with Gasteiger partial charge in [0.25, 0.3) is 0 Å². The summed E-state index contributed by atoms with van der Waals surface area (Å²) in [6.45, 7) is 5.15. The van der Waals surface area contributed by atoms with Crippen molar-refractivity contribution in [1.82, 2.24) is 14.1 Å². The lowest BCUT2D eigenvalue weighted by Gasteiger charge is -2.26. The Bertz CT molecular complexity index is 783. The number of benzene rings is 1. The summed E-state index contributed by atoms with van der Waals surface area (Å²) < 4.78 is 32.3. The summed E-state index contributed by atoms with van der Waals surface area (Å²) in [4.78, 5) is 0. The third-order valence-electron chi connectivity index (χ3n) is 3.63. The quantitative estimate of drug-likeness (QED) is 0.861. The molecule has 0 saturated carbocycles. The normalized spacial score (nSPS) is 18.5. The number of hydrogen-bond donors (Lipinski definition) is 0. The highest BCUT2D eigenvalue weighted by atomic mass is 32.2. The second kappa shape index (κ2) is 5.83. The summed E-state index contributed by atoms with van der Waals surface area (Å²) >= 11 is 0. The fraction of sp³-hybridized carbons (Fsp3) is 0.400. The van der Waals surface area contributed by atoms with Crippen molar-refractivity contribution in [3.8, 4) is 5.69 Å². The molecule has 3 rings (SSSR count). The second-order valence-corrected chi connectivity index (χ2v) is 7.40. The number of aromatic nitrogens is 2. The first-order chi connectivity index (χ1) is 10.5. The van der Waals surface area contributed by atoms with Crippen molar-refractivity contribution in [3.63, 3.8) is 0 Å². The van der Waals surface area contributed by atoms with Crippen molar-refractivity contribution < 1.29 is 13.2 Å². The van der Waals surface area contributed by atoms with Crippen LogP contribution in [0, 0.1) is 13.8 Å². The minimum absolute atomic E-state index is 0.232. The predicted octanol–water partition coefficient (Wildman–Crippen LogP) is 1.61. The molecular weight excluding hydrogens is 302 g/mol. The van der Waals surface area contributed by atoms with E-state index in [4.69, 9.17) is 4.74 Å². The Morgan fingerprint density at radius 2 is 2.09 bits per heavy atom. The molecule has 1 fully saturated rings. The maximum atomic E-state index is 12.0. The highest BCUT2D eigenvalue weighted by Crippen LogP contribution is 2.17. The van der Waals surface area contributed by atoms with Crippen LogP contribution < -0.4 is 0 Å². The van der Waals surface area contributed by atoms with Crippen LogP contribution in [0.3, 0.4) is 0 Å². The number of sulfonamides is 1. The van der Waals surface area contributed by atoms with Gasteiger partial charge in [-0.15, -0.1) is 0 Å². The fourth-order valence-electron chi connectivity index (χ4n) is 2.60. The molecule has 22 heavy (non-hydrogen) atoms. The van der Waals surface area contributed by atoms with Crippen molar-refractivity contribution in [2.24, 2.45) is 0 Å². The van der Waals surface area contributed by atoms with Crippen LogP contribution in [0.2, 0.25) is 0 Å². The molecule has 0 unspecified atom stereocenters. The summed E-state index contributed by atoms with van der Waals surface area (Å²) in [5.74, 6) is -0.232. The van der Waals surface area contributed by atoms with Gasteiger partial charge in [0.05, 0.1) is 18.0 Å². The van der Waals surface area contributed by atoms with E-state index < -0.39 is 10.0 Å². The molecule has 0 atom stereocenters. The summed E-state index contributed by atoms with van der Waals surface area (Å²) in [6, 6.07) is 9.81. The molecule has 1 aliphatic heterocycles. The average molecular weight is 321 g/mol. The lowest BCUT2D eigenvalue weighted by molar-refractivity contribution is 0.130. The molecule has 1 saturated heterocycles. The number of ether oxygens (including phenoxy) is 1. The Balaban J connectivity index is 1.87. The zero-order valence-corrected chi connectivity index (χ0v) is 13.5. The molecule has 0 spiro atoms. The molecule has 0 bridgehead atoms. The van der Waals surface area contributed by atoms with E-state index in [1.54, 1.807) is 0 Å². The molecule has 6 nitrogen and oxygen atoms in total. The van der Waals surface area contributed by atoms with Gasteiger partial charge in [0.2, 0.25) is 10.0 Å². The molecule has 0 aliphatic carbocycles. The molecule has 1 aromatic heterocycles. The van der Waals surface area contributed by atoms with Crippen LogP contribution in [0.1, 0.15) is 17.0 Å². The van der Waals surface area contributed by atoms with Crippen LogP contribution in [0.15, 0.2) is 30.3 Å². The van der Waals surface area contributed by atoms with Crippen molar-refractivity contribution in [1.29, 1.82) is 0 Å². The first-order valence-electron chi connectivity index (χ1n) is 7.14. The monoisotopic (exact) mass is 321 g/mol. The topological polar surface area (TPSA) is 64.4 Å². The van der Waals surface area contributed by atoms with Crippen molar-refractivity contribution in [3.05, 3.63) is 47.3 Å². The summed E-state index contributed by atoms with van der Waals surface area (Å²) in [7, 11) is -3.31. The minimum atomic E-state index is -3.31. The van der Waals surface area contributed by atoms with Crippen LogP contribution in [0.5, 0.6) is 0 Å². The lowest BCUT2D eigenvalue weighted by atomic mass is 10.2. The number of rotatable bonds is 3. The van der Waals surface area contributed by atoms with Crippen molar-refractivity contribution in [2.75, 3.05) is 19.1 Å². The van der Waals surface area contributed by atoms with Gasteiger partial charge in [0.15, 0.2) is 5.94 Å². The van der Waals surface area contributed by atoms with Crippen molar-refractivity contribution in [2.45, 2.75) is 20.4 Å². The van der Waals surface area contributed by atoms with Gasteiger partial charge < -0.3 is 4.74 Å². The first kappa shape index (κ1) is 15.2. The Morgan fingerprint density at radius 3 is 2.77 bits per heavy atom. The summed E-state index contributed by atoms with van der Waals surface area (Å²) in [6.07, 6.45) is 0. The zero-order valence-electron chi connectivity index (χ0n) is 12.7. The third kappa shape index (κ3) is 3.06. The average Bonchev–Trinajstić information content (AvgIpc) is 2.80. The van der Waals surface area contributed by atoms with E-state index >= 15 is 0 Å². The van der Waals surface area contributed by atoms with Gasteiger partial charge in [0.1, 0.15) is 0 Å². The Morgan fingerprint density at radius 1 is 1.27 bits per heavy atom. The molecule has 118 valence electrons. The Kier molecular flexibility index (Phi) is 4.03. The SMILES string of the molecule is Cc1cc(C)n(-c2cccc(CN3CCOCS3(=O)=O)c2)n1. The van der Waals surface area contributed by atoms with E-state index in [-0.39, 0.29) is 5.94 Å². The maximum Gasteiger partial charge on any atom is 0.238 e. The van der Waals surface area contributed by atoms with Gasteiger partial charge in [-0.05, 0) is 37.6 Å². The zero-order chi connectivity index (χ0) is 15.7. The molecule has 0 N–H and O–H groups in total. The van der Waals surface area contributed by atoms with Gasteiger partial charge >= 0.3 is 0 Å². The highest BCUT2D eigenvalue weighted by Gasteiger charge is 2.26. The molecule has 7 heteroatoms. The number of nitrogens with zero attached hydrogens (tertiary/aromatic N) is 3. The molecule has 1 aliphatic rings. The molecule has 0 amide bonds. The molecule has 2 aromatic rings. The van der Waals surface area contributed by atoms with Gasteiger partial charge in [-0.1, -0.05) is 12.1 Å². The highest BCUT2D eigenvalue weighted by molar-refractivity contribution is 7.88. The van der Waals surface area contributed by atoms with Crippen LogP contribution in [0.25, 0.3) is 5.69 Å². The van der Waals surface area contributed by atoms with E-state index in [0.717, 1.165) is 22.6 Å². The molecular formula is C15H19N3O3S. The van der Waals surface area contributed by atoms with Crippen LogP contribution in [-0.2, 0) is 21.3 Å². The first-order valence-corrected chi connectivity index (χ1v) is 8.75. The number of aryl methyl sites for hydroxylation is 2. The third-order valence-corrected chi connectivity index (χ3v) is 5.20. The Labute approximate surface area is 130 Å². The van der Waals surface area contributed by atoms with E-state index in [9.17, 15) is 8.42 Å². The van der Waals surface area contributed by atoms with Crippen molar-refractivity contribution >= 4 is 10.0 Å². The van der Waals surface area contributed by atoms with E-state index in [2.05, 4.69) is 5.10 Å². The molecule has 2 heterocycles. The van der Waals surface area contributed by atoms with Gasteiger partial charge in [-0.3, -0.25) is 0 Å². The van der Waals surface area contributed by atoms with Crippen LogP contribution >= 0.6 is 0 Å². The Hall–Kier alpha value is -1.70. The minimum Gasteiger partial charge on any atom is -0.363 e. The smallest absolute Gasteiger partial charge is 0.238 e. The van der Waals surface area contributed by atoms with E-state index in [0.29, 0.717) is 19.7 Å². The van der Waals surface area contributed by atoms with Crippen LogP contribution in [0.4, 0.5) is 0 Å². The largest absolute Gasteiger partial charge is 0.363 e. The molecule has 1 aromatic carbocycles. The lowest BCUT2D eigenvalue weighted by Crippen LogP contribution is -2.40. The van der Waals surface area contributed by atoms with Gasteiger partial charge in [0, 0.05) is 18.8 Å². The second-order valence-electron chi connectivity index (χ2n) is 5.48. The van der Waals surface area contributed by atoms with E-state index in [1.165, 1.54) is 4.31 Å². The maximum absolute atomic E-state index is 12.0. The fourth-order valence-corrected chi connectivity index (χ4v) is 3.78. The summed E-state index contributed by atoms with van der Waals surface area (Å²) in [5, 5.41) is 4.46. The van der Waals surface area contributed by atoms with Gasteiger partial charge in [-0.25, -0.2) is 13.1 Å². The standard InChI is InChI=1S/C15H19N3O3S/c1-12-8-13(2)18(16-12)15-5-3-4-14(9-15)10-17-6-7-21-11-22(17,19)20/h3-5,8-9H,6-7,10-11H2,1-2H3. The van der Waals surface area contributed by atoms with Gasteiger partial charge in [-0.2, -0.15) is 9.40 Å². The van der Waals surface area contributed by atoms with E-state index in [1.807, 2.05) is 48.9 Å². The number of hydrogen-bond acceptors (Lipinski definition) is 4.